The predicted molar refractivity (Wildman–Crippen MR) is 85.0 cm³/mol. The lowest BCUT2D eigenvalue weighted by Crippen LogP contribution is -2.46. The van der Waals surface area contributed by atoms with Crippen molar-refractivity contribution in [3.8, 4) is 0 Å². The van der Waals surface area contributed by atoms with E-state index in [1.807, 2.05) is 18.7 Å². The van der Waals surface area contributed by atoms with Gasteiger partial charge in [0.15, 0.2) is 0 Å². The first-order valence-electron chi connectivity index (χ1n) is 8.36. The molecule has 2 N–H and O–H groups in total. The van der Waals surface area contributed by atoms with Gasteiger partial charge in [-0.3, -0.25) is 9.59 Å². The average Bonchev–Trinajstić information content (AvgIpc) is 2.48. The lowest BCUT2D eigenvalue weighted by molar-refractivity contribution is -0.132. The molecule has 0 aromatic carbocycles. The van der Waals surface area contributed by atoms with Gasteiger partial charge in [-0.2, -0.15) is 0 Å². The Morgan fingerprint density at radius 3 is 2.43 bits per heavy atom. The molecule has 1 aliphatic heterocycles. The Labute approximate surface area is 128 Å². The van der Waals surface area contributed by atoms with Gasteiger partial charge in [0.05, 0.1) is 6.04 Å². The van der Waals surface area contributed by atoms with Crippen molar-refractivity contribution in [3.63, 3.8) is 0 Å². The Bertz CT molecular complexity index is 327. The van der Waals surface area contributed by atoms with Gasteiger partial charge in [-0.25, -0.2) is 0 Å². The van der Waals surface area contributed by atoms with Gasteiger partial charge in [0.2, 0.25) is 11.8 Å². The second-order valence-corrected chi connectivity index (χ2v) is 6.07. The quantitative estimate of drug-likeness (QED) is 0.716. The van der Waals surface area contributed by atoms with Crippen molar-refractivity contribution >= 4 is 11.8 Å². The Kier molecular flexibility index (Phi) is 8.35. The maximum absolute atomic E-state index is 12.0. The van der Waals surface area contributed by atoms with Crippen molar-refractivity contribution in [2.45, 2.75) is 71.4 Å². The molecule has 2 atom stereocenters. The van der Waals surface area contributed by atoms with Crippen molar-refractivity contribution in [2.24, 2.45) is 0 Å². The Hall–Kier alpha value is -1.10. The molecule has 2 amide bonds. The third-order valence-electron chi connectivity index (χ3n) is 4.00. The lowest BCUT2D eigenvalue weighted by atomic mass is 10.1. The molecule has 0 aromatic heterocycles. The highest BCUT2D eigenvalue weighted by molar-refractivity contribution is 5.81. The average molecular weight is 297 g/mol. The highest BCUT2D eigenvalue weighted by Gasteiger charge is 2.18. The van der Waals surface area contributed by atoms with Crippen molar-refractivity contribution in [1.29, 1.82) is 0 Å². The number of carbonyl (C=O) groups is 2. The van der Waals surface area contributed by atoms with Crippen LogP contribution in [0.15, 0.2) is 0 Å². The fourth-order valence-corrected chi connectivity index (χ4v) is 2.66. The maximum atomic E-state index is 12.0. The molecule has 1 heterocycles. The van der Waals surface area contributed by atoms with Crippen LogP contribution in [-0.4, -0.2) is 48.4 Å². The molecule has 122 valence electrons. The van der Waals surface area contributed by atoms with E-state index in [9.17, 15) is 9.59 Å². The minimum atomic E-state index is -0.251. The molecule has 0 aromatic rings. The smallest absolute Gasteiger partial charge is 0.237 e. The number of hydrogen-bond donors (Lipinski definition) is 2. The third kappa shape index (κ3) is 6.93. The molecule has 1 aliphatic rings. The molecule has 0 saturated carbocycles. The first kappa shape index (κ1) is 18.0. The van der Waals surface area contributed by atoms with E-state index in [0.29, 0.717) is 13.0 Å². The van der Waals surface area contributed by atoms with Crippen molar-refractivity contribution in [2.75, 3.05) is 19.6 Å². The van der Waals surface area contributed by atoms with Gasteiger partial charge in [-0.1, -0.05) is 13.3 Å². The van der Waals surface area contributed by atoms with Gasteiger partial charge in [-0.15, -0.1) is 0 Å². The predicted octanol–water partition coefficient (Wildman–Crippen LogP) is 1.67. The highest BCUT2D eigenvalue weighted by atomic mass is 16.2. The number of piperidine rings is 1. The highest BCUT2D eigenvalue weighted by Crippen LogP contribution is 2.09. The minimum Gasteiger partial charge on any atom is -0.352 e. The second-order valence-electron chi connectivity index (χ2n) is 6.07. The Balaban J connectivity index is 2.18. The first-order valence-corrected chi connectivity index (χ1v) is 8.36. The molecule has 5 heteroatoms. The Morgan fingerprint density at radius 1 is 1.14 bits per heavy atom. The van der Waals surface area contributed by atoms with Gasteiger partial charge in [0, 0.05) is 32.1 Å². The summed E-state index contributed by atoms with van der Waals surface area (Å²) < 4.78 is 0. The monoisotopic (exact) mass is 297 g/mol. The SMILES string of the molecule is CCCC(C)NC(=O)C(C)NCCC(=O)N1CCCCC1. The normalized spacial score (nSPS) is 18.1. The second kappa shape index (κ2) is 9.77. The molecule has 0 aliphatic carbocycles. The van der Waals surface area contributed by atoms with Crippen LogP contribution in [0.1, 0.15) is 59.3 Å². The zero-order chi connectivity index (χ0) is 15.7. The number of carbonyl (C=O) groups excluding carboxylic acids is 2. The molecule has 0 radical (unpaired) electrons. The third-order valence-corrected chi connectivity index (χ3v) is 4.00. The van der Waals surface area contributed by atoms with E-state index < -0.39 is 0 Å². The van der Waals surface area contributed by atoms with Crippen LogP contribution in [0.4, 0.5) is 0 Å². The number of nitrogens with zero attached hydrogens (tertiary/aromatic N) is 1. The molecular weight excluding hydrogens is 266 g/mol. The number of hydrogen-bond acceptors (Lipinski definition) is 3. The summed E-state index contributed by atoms with van der Waals surface area (Å²) in [6, 6.07) is -0.0415. The van der Waals surface area contributed by atoms with Crippen LogP contribution in [0.3, 0.4) is 0 Å². The molecule has 1 saturated heterocycles. The van der Waals surface area contributed by atoms with Crippen LogP contribution in [-0.2, 0) is 9.59 Å². The van der Waals surface area contributed by atoms with Crippen LogP contribution in [0.2, 0.25) is 0 Å². The maximum Gasteiger partial charge on any atom is 0.237 e. The van der Waals surface area contributed by atoms with E-state index in [0.717, 1.165) is 38.8 Å². The van der Waals surface area contributed by atoms with Crippen molar-refractivity contribution < 1.29 is 9.59 Å². The van der Waals surface area contributed by atoms with Crippen LogP contribution in [0.25, 0.3) is 0 Å². The summed E-state index contributed by atoms with van der Waals surface area (Å²) in [4.78, 5) is 25.9. The molecule has 2 unspecified atom stereocenters. The van der Waals surface area contributed by atoms with E-state index in [-0.39, 0.29) is 23.9 Å². The van der Waals surface area contributed by atoms with Gasteiger partial charge in [0.1, 0.15) is 0 Å². The molecule has 0 bridgehead atoms. The van der Waals surface area contributed by atoms with Gasteiger partial charge in [0.25, 0.3) is 0 Å². The number of rotatable bonds is 8. The topological polar surface area (TPSA) is 61.4 Å². The van der Waals surface area contributed by atoms with E-state index in [4.69, 9.17) is 0 Å². The van der Waals surface area contributed by atoms with E-state index >= 15 is 0 Å². The van der Waals surface area contributed by atoms with Crippen molar-refractivity contribution in [1.82, 2.24) is 15.5 Å². The fourth-order valence-electron chi connectivity index (χ4n) is 2.66. The zero-order valence-corrected chi connectivity index (χ0v) is 13.8. The van der Waals surface area contributed by atoms with Crippen LogP contribution >= 0.6 is 0 Å². The summed E-state index contributed by atoms with van der Waals surface area (Å²) in [7, 11) is 0. The van der Waals surface area contributed by atoms with Gasteiger partial charge < -0.3 is 15.5 Å². The number of nitrogens with one attached hydrogen (secondary N) is 2. The van der Waals surface area contributed by atoms with Gasteiger partial charge >= 0.3 is 0 Å². The summed E-state index contributed by atoms with van der Waals surface area (Å²) in [5.41, 5.74) is 0. The van der Waals surface area contributed by atoms with Crippen LogP contribution in [0, 0.1) is 0 Å². The van der Waals surface area contributed by atoms with E-state index in [1.54, 1.807) is 0 Å². The van der Waals surface area contributed by atoms with Crippen LogP contribution in [0.5, 0.6) is 0 Å². The summed E-state index contributed by atoms with van der Waals surface area (Å²) in [5.74, 6) is 0.218. The lowest BCUT2D eigenvalue weighted by Gasteiger charge is -2.27. The first-order chi connectivity index (χ1) is 10.0. The molecule has 1 fully saturated rings. The van der Waals surface area contributed by atoms with Gasteiger partial charge in [-0.05, 0) is 39.5 Å². The summed E-state index contributed by atoms with van der Waals surface area (Å²) in [5, 5.41) is 6.13. The summed E-state index contributed by atoms with van der Waals surface area (Å²) in [6.07, 6.45) is 6.00. The summed E-state index contributed by atoms with van der Waals surface area (Å²) in [6.45, 7) is 8.32. The number of amides is 2. The number of likely N-dealkylation sites (tertiary alicyclic amines) is 1. The summed E-state index contributed by atoms with van der Waals surface area (Å²) >= 11 is 0. The molecule has 1 rings (SSSR count). The van der Waals surface area contributed by atoms with Crippen molar-refractivity contribution in [3.05, 3.63) is 0 Å². The van der Waals surface area contributed by atoms with Crippen LogP contribution < -0.4 is 10.6 Å². The fraction of sp³-hybridized carbons (Fsp3) is 0.875. The standard InChI is InChI=1S/C16H31N3O2/c1-4-8-13(2)18-16(21)14(3)17-10-9-15(20)19-11-6-5-7-12-19/h13-14,17H,4-12H2,1-3H3,(H,18,21). The zero-order valence-electron chi connectivity index (χ0n) is 13.8. The Morgan fingerprint density at radius 2 is 1.81 bits per heavy atom. The van der Waals surface area contributed by atoms with E-state index in [2.05, 4.69) is 17.6 Å². The van der Waals surface area contributed by atoms with E-state index in [1.165, 1.54) is 6.42 Å². The molecule has 0 spiro atoms. The molecular formula is C16H31N3O2. The molecule has 5 nitrogen and oxygen atoms in total. The minimum absolute atomic E-state index is 0.0152. The molecule has 21 heavy (non-hydrogen) atoms. The largest absolute Gasteiger partial charge is 0.352 e.